The summed E-state index contributed by atoms with van der Waals surface area (Å²) in [6.45, 7) is 0.727. The van der Waals surface area contributed by atoms with Gasteiger partial charge in [-0.05, 0) is 38.3 Å². The molecule has 0 unspecified atom stereocenters. The SMILES string of the molecule is [2H]C([2H])(C(N)=O)N1CC[C@H](CNc2ncnc(N(Cc3ccc(C)cc3)C3CC3)c2F)[C@@H](O)C1. The summed E-state index contributed by atoms with van der Waals surface area (Å²) in [5.41, 5.74) is 7.39. The summed E-state index contributed by atoms with van der Waals surface area (Å²) in [5.74, 6) is -1.55. The number of nitrogens with zero attached hydrogens (tertiary/aromatic N) is 4. The molecule has 2 heterocycles. The Morgan fingerprint density at radius 3 is 2.75 bits per heavy atom. The number of nitrogens with two attached hydrogens (primary N) is 1. The van der Waals surface area contributed by atoms with Crippen LogP contribution in [-0.4, -0.2) is 64.2 Å². The van der Waals surface area contributed by atoms with Gasteiger partial charge in [0, 0.05) is 31.6 Å². The fourth-order valence-electron chi connectivity index (χ4n) is 4.04. The van der Waals surface area contributed by atoms with Gasteiger partial charge in [0.25, 0.3) is 0 Å². The number of nitrogens with one attached hydrogen (secondary N) is 1. The van der Waals surface area contributed by atoms with Crippen molar-refractivity contribution in [3.8, 4) is 0 Å². The minimum atomic E-state index is -2.32. The normalized spacial score (nSPS) is 22.7. The smallest absolute Gasteiger partial charge is 0.231 e. The van der Waals surface area contributed by atoms with Gasteiger partial charge in [-0.15, -0.1) is 0 Å². The van der Waals surface area contributed by atoms with Crippen LogP contribution < -0.4 is 16.0 Å². The van der Waals surface area contributed by atoms with Gasteiger partial charge < -0.3 is 21.1 Å². The third kappa shape index (κ3) is 5.52. The zero-order valence-corrected chi connectivity index (χ0v) is 18.2. The molecule has 1 aromatic carbocycles. The van der Waals surface area contributed by atoms with E-state index < -0.39 is 24.3 Å². The van der Waals surface area contributed by atoms with E-state index in [0.717, 1.165) is 18.4 Å². The van der Waals surface area contributed by atoms with E-state index in [9.17, 15) is 9.90 Å². The molecule has 0 radical (unpaired) electrons. The number of aliphatic hydroxyl groups excluding tert-OH is 1. The molecule has 1 amide bonds. The minimum absolute atomic E-state index is 0.0359. The molecule has 4 N–H and O–H groups in total. The van der Waals surface area contributed by atoms with E-state index in [1.165, 1.54) is 16.8 Å². The third-order valence-corrected chi connectivity index (χ3v) is 6.03. The van der Waals surface area contributed by atoms with E-state index in [2.05, 4.69) is 15.3 Å². The predicted octanol–water partition coefficient (Wildman–Crippen LogP) is 1.67. The lowest BCUT2D eigenvalue weighted by atomic mass is 9.93. The van der Waals surface area contributed by atoms with E-state index >= 15 is 4.39 Å². The van der Waals surface area contributed by atoms with Crippen LogP contribution in [0.4, 0.5) is 16.0 Å². The van der Waals surface area contributed by atoms with E-state index in [1.807, 2.05) is 36.1 Å². The van der Waals surface area contributed by atoms with Gasteiger partial charge in [0.15, 0.2) is 11.6 Å². The van der Waals surface area contributed by atoms with Gasteiger partial charge in [-0.1, -0.05) is 29.8 Å². The lowest BCUT2D eigenvalue weighted by Gasteiger charge is -2.35. The van der Waals surface area contributed by atoms with Gasteiger partial charge in [0.2, 0.25) is 11.7 Å². The molecular weight excluding hydrogens is 411 g/mol. The molecule has 0 bridgehead atoms. The molecule has 8 nitrogen and oxygen atoms in total. The van der Waals surface area contributed by atoms with Crippen molar-refractivity contribution in [3.63, 3.8) is 0 Å². The number of anilines is 2. The number of primary amides is 1. The van der Waals surface area contributed by atoms with Crippen molar-refractivity contribution in [2.45, 2.75) is 44.9 Å². The Kier molecular flexibility index (Phi) is 6.08. The van der Waals surface area contributed by atoms with Crippen LogP contribution in [0.5, 0.6) is 0 Å². The zero-order chi connectivity index (χ0) is 24.5. The van der Waals surface area contributed by atoms with E-state index in [4.69, 9.17) is 8.48 Å². The molecule has 1 aromatic heterocycles. The van der Waals surface area contributed by atoms with Gasteiger partial charge in [0.05, 0.1) is 15.3 Å². The van der Waals surface area contributed by atoms with Gasteiger partial charge >= 0.3 is 0 Å². The lowest BCUT2D eigenvalue weighted by Crippen LogP contribution is -2.48. The van der Waals surface area contributed by atoms with E-state index in [1.54, 1.807) is 0 Å². The average Bonchev–Trinajstić information content (AvgIpc) is 3.64. The van der Waals surface area contributed by atoms with Crippen LogP contribution in [0.15, 0.2) is 30.6 Å². The molecule has 1 aliphatic heterocycles. The van der Waals surface area contributed by atoms with Gasteiger partial charge in [0.1, 0.15) is 6.33 Å². The maximum Gasteiger partial charge on any atom is 0.231 e. The number of piperidine rings is 1. The van der Waals surface area contributed by atoms with Gasteiger partial charge in [-0.25, -0.2) is 9.97 Å². The van der Waals surface area contributed by atoms with Crippen LogP contribution in [0.2, 0.25) is 0 Å². The van der Waals surface area contributed by atoms with Crippen molar-refractivity contribution >= 4 is 17.5 Å². The Bertz CT molecular complexity index is 1020. The molecule has 0 spiro atoms. The summed E-state index contributed by atoms with van der Waals surface area (Å²) >= 11 is 0. The number of aromatic nitrogens is 2. The summed E-state index contributed by atoms with van der Waals surface area (Å²) in [6, 6.07) is 8.39. The topological polar surface area (TPSA) is 108 Å². The Balaban J connectivity index is 1.42. The first-order valence-corrected chi connectivity index (χ1v) is 11.0. The largest absolute Gasteiger partial charge is 0.391 e. The number of likely N-dealkylation sites (tertiary alicyclic amines) is 1. The van der Waals surface area contributed by atoms with Crippen LogP contribution in [-0.2, 0) is 11.3 Å². The Morgan fingerprint density at radius 1 is 1.34 bits per heavy atom. The maximum atomic E-state index is 15.4. The molecule has 4 rings (SSSR count). The monoisotopic (exact) mass is 444 g/mol. The van der Waals surface area contributed by atoms with Crippen molar-refractivity contribution < 1.29 is 17.0 Å². The fourth-order valence-corrected chi connectivity index (χ4v) is 4.04. The van der Waals surface area contributed by atoms with Crippen LogP contribution in [0.1, 0.15) is 33.1 Å². The number of benzene rings is 1. The molecule has 2 aromatic rings. The summed E-state index contributed by atoms with van der Waals surface area (Å²) in [7, 11) is 0. The van der Waals surface area contributed by atoms with Gasteiger partial charge in [-0.3, -0.25) is 9.69 Å². The van der Waals surface area contributed by atoms with Crippen LogP contribution in [0.3, 0.4) is 0 Å². The molecule has 1 saturated heterocycles. The fraction of sp³-hybridized carbons (Fsp3) is 0.522. The Morgan fingerprint density at radius 2 is 2.09 bits per heavy atom. The highest BCUT2D eigenvalue weighted by Crippen LogP contribution is 2.34. The van der Waals surface area contributed by atoms with Crippen molar-refractivity contribution in [1.82, 2.24) is 14.9 Å². The quantitative estimate of drug-likeness (QED) is 0.540. The van der Waals surface area contributed by atoms with Crippen molar-refractivity contribution in [2.24, 2.45) is 11.7 Å². The first-order valence-electron chi connectivity index (χ1n) is 12.0. The third-order valence-electron chi connectivity index (χ3n) is 6.03. The van der Waals surface area contributed by atoms with Gasteiger partial charge in [-0.2, -0.15) is 4.39 Å². The van der Waals surface area contributed by atoms with E-state index in [-0.39, 0.29) is 43.2 Å². The molecule has 1 aliphatic carbocycles. The highest BCUT2D eigenvalue weighted by atomic mass is 19.1. The number of aliphatic hydroxyl groups is 1. The number of hydrogen-bond donors (Lipinski definition) is 3. The Hall–Kier alpha value is -2.78. The first-order chi connectivity index (χ1) is 16.2. The van der Waals surface area contributed by atoms with Crippen LogP contribution >= 0.6 is 0 Å². The molecule has 172 valence electrons. The number of carbonyl (C=O) groups is 1. The van der Waals surface area contributed by atoms with E-state index in [0.29, 0.717) is 13.0 Å². The number of halogens is 1. The predicted molar refractivity (Wildman–Crippen MR) is 121 cm³/mol. The maximum absolute atomic E-state index is 15.4. The second-order valence-corrected chi connectivity index (χ2v) is 8.62. The number of aryl methyl sites for hydroxylation is 1. The summed E-state index contributed by atoms with van der Waals surface area (Å²) in [4.78, 5) is 22.9. The van der Waals surface area contributed by atoms with Crippen LogP contribution in [0.25, 0.3) is 0 Å². The first kappa shape index (κ1) is 19.9. The second-order valence-electron chi connectivity index (χ2n) is 8.62. The lowest BCUT2D eigenvalue weighted by molar-refractivity contribution is -0.120. The van der Waals surface area contributed by atoms with Crippen molar-refractivity contribution in [2.75, 3.05) is 36.3 Å². The molecule has 2 atom stereocenters. The number of hydrogen-bond acceptors (Lipinski definition) is 7. The van der Waals surface area contributed by atoms with Crippen molar-refractivity contribution in [3.05, 3.63) is 47.5 Å². The molecule has 2 aliphatic rings. The zero-order valence-electron chi connectivity index (χ0n) is 20.2. The summed E-state index contributed by atoms with van der Waals surface area (Å²) in [5, 5.41) is 13.5. The molecule has 1 saturated carbocycles. The standard InChI is InChI=1S/C23H31FN6O2/c1-15-2-4-16(5-3-15)11-30(18-6-7-18)23-21(24)22(27-14-28-23)26-10-17-8-9-29(12-19(17)31)13-20(25)32/h2-5,14,17-19,31H,6-13H2,1H3,(H2,25,32)(H,26,27,28)/t17-,19+/m1/s1/i13D2. The molecule has 32 heavy (non-hydrogen) atoms. The van der Waals surface area contributed by atoms with Crippen LogP contribution in [0, 0.1) is 18.7 Å². The highest BCUT2D eigenvalue weighted by Gasteiger charge is 2.33. The minimum Gasteiger partial charge on any atom is -0.391 e. The highest BCUT2D eigenvalue weighted by molar-refractivity contribution is 5.75. The molecule has 2 fully saturated rings. The summed E-state index contributed by atoms with van der Waals surface area (Å²) in [6.07, 6.45) is 2.83. The number of rotatable bonds is 9. The molecular formula is C23H31FN6O2. The number of carbonyl (C=O) groups excluding carboxylic acids is 1. The Labute approximate surface area is 190 Å². The number of amides is 1. The summed E-state index contributed by atoms with van der Waals surface area (Å²) < 4.78 is 31.1. The average molecular weight is 445 g/mol. The number of β-amino-alcohol motifs (C(OH)–C–C–N with tert-alkyl or cyclic N) is 1. The second kappa shape index (κ2) is 9.79. The molecule has 9 heteroatoms. The van der Waals surface area contributed by atoms with Crippen molar-refractivity contribution in [1.29, 1.82) is 0 Å².